The predicted octanol–water partition coefficient (Wildman–Crippen LogP) is 2.70. The molecule has 0 radical (unpaired) electrons. The molecule has 0 saturated carbocycles. The molecule has 8 nitrogen and oxygen atoms in total. The van der Waals surface area contributed by atoms with E-state index in [0.29, 0.717) is 24.3 Å². The van der Waals surface area contributed by atoms with E-state index in [1.165, 1.54) is 23.9 Å². The van der Waals surface area contributed by atoms with Gasteiger partial charge in [-0.1, -0.05) is 12.1 Å². The number of esters is 1. The fourth-order valence-electron chi connectivity index (χ4n) is 2.18. The van der Waals surface area contributed by atoms with Crippen LogP contribution in [0, 0.1) is 10.1 Å². The molecule has 2 aromatic rings. The van der Waals surface area contributed by atoms with Gasteiger partial charge in [0.05, 0.1) is 10.5 Å². The molecule has 9 heteroatoms. The first-order valence-corrected chi connectivity index (χ1v) is 9.29. The van der Waals surface area contributed by atoms with Crippen LogP contribution in [0.3, 0.4) is 0 Å². The van der Waals surface area contributed by atoms with E-state index in [1.807, 2.05) is 18.4 Å². The fraction of sp³-hybridized carbons (Fsp3) is 0.222. The Bertz CT molecular complexity index is 811. The maximum Gasteiger partial charge on any atom is 0.339 e. The van der Waals surface area contributed by atoms with Crippen LogP contribution in [0.4, 0.5) is 11.4 Å². The summed E-state index contributed by atoms with van der Waals surface area (Å²) in [7, 11) is 0. The zero-order chi connectivity index (χ0) is 19.6. The van der Waals surface area contributed by atoms with Gasteiger partial charge in [-0.15, -0.1) is 11.8 Å². The first-order chi connectivity index (χ1) is 13.0. The Hall–Kier alpha value is -3.07. The SMILES string of the molecule is CSc1ccccc1C(=O)OCC(=O)NCCNc1ccc([N+](=O)[O-])cc1. The molecular weight excluding hydrogens is 370 g/mol. The van der Waals surface area contributed by atoms with E-state index in [1.54, 1.807) is 24.3 Å². The summed E-state index contributed by atoms with van der Waals surface area (Å²) in [6.45, 7) is 0.376. The van der Waals surface area contributed by atoms with Crippen molar-refractivity contribution in [2.24, 2.45) is 0 Å². The minimum Gasteiger partial charge on any atom is -0.452 e. The average molecular weight is 389 g/mol. The van der Waals surface area contributed by atoms with E-state index in [4.69, 9.17) is 4.74 Å². The lowest BCUT2D eigenvalue weighted by atomic mass is 10.2. The molecule has 0 unspecified atom stereocenters. The number of carbonyl (C=O) groups excluding carboxylic acids is 2. The second-order valence-electron chi connectivity index (χ2n) is 5.36. The Morgan fingerprint density at radius 3 is 2.48 bits per heavy atom. The number of rotatable bonds is 9. The van der Waals surface area contributed by atoms with E-state index >= 15 is 0 Å². The predicted molar refractivity (Wildman–Crippen MR) is 103 cm³/mol. The van der Waals surface area contributed by atoms with Crippen molar-refractivity contribution in [3.8, 4) is 0 Å². The van der Waals surface area contributed by atoms with Crippen molar-refractivity contribution in [1.29, 1.82) is 0 Å². The molecule has 2 rings (SSSR count). The number of amides is 1. The summed E-state index contributed by atoms with van der Waals surface area (Å²) in [5.41, 5.74) is 1.14. The van der Waals surface area contributed by atoms with E-state index in [0.717, 1.165) is 4.90 Å². The van der Waals surface area contributed by atoms with Crippen LogP contribution in [-0.2, 0) is 9.53 Å². The molecule has 0 spiro atoms. The second kappa shape index (κ2) is 10.2. The molecule has 0 aliphatic heterocycles. The molecule has 142 valence electrons. The van der Waals surface area contributed by atoms with Crippen molar-refractivity contribution in [2.75, 3.05) is 31.3 Å². The minimum atomic E-state index is -0.542. The third-order valence-corrected chi connectivity index (χ3v) is 4.31. The molecule has 2 aromatic carbocycles. The molecule has 0 aromatic heterocycles. The summed E-state index contributed by atoms with van der Waals surface area (Å²) in [5.74, 6) is -0.949. The Morgan fingerprint density at radius 1 is 1.11 bits per heavy atom. The zero-order valence-electron chi connectivity index (χ0n) is 14.6. The average Bonchev–Trinajstić information content (AvgIpc) is 2.69. The maximum atomic E-state index is 12.0. The van der Waals surface area contributed by atoms with Gasteiger partial charge in [0, 0.05) is 35.8 Å². The van der Waals surface area contributed by atoms with Gasteiger partial charge in [-0.25, -0.2) is 4.79 Å². The number of non-ortho nitro benzene ring substituents is 1. The molecule has 0 saturated heterocycles. The van der Waals surface area contributed by atoms with Crippen molar-refractivity contribution < 1.29 is 19.2 Å². The highest BCUT2D eigenvalue weighted by atomic mass is 32.2. The van der Waals surface area contributed by atoms with E-state index in [9.17, 15) is 19.7 Å². The van der Waals surface area contributed by atoms with Crippen LogP contribution in [0.25, 0.3) is 0 Å². The summed E-state index contributed by atoms with van der Waals surface area (Å²) in [6.07, 6.45) is 1.86. The molecule has 2 N–H and O–H groups in total. The van der Waals surface area contributed by atoms with E-state index in [-0.39, 0.29) is 12.3 Å². The fourth-order valence-corrected chi connectivity index (χ4v) is 2.77. The molecule has 0 atom stereocenters. The number of anilines is 1. The number of benzene rings is 2. The minimum absolute atomic E-state index is 0.0127. The molecule has 0 aliphatic carbocycles. The number of nitrogens with zero attached hydrogens (tertiary/aromatic N) is 1. The van der Waals surface area contributed by atoms with Gasteiger partial charge in [-0.2, -0.15) is 0 Å². The van der Waals surface area contributed by atoms with Crippen molar-refractivity contribution in [1.82, 2.24) is 5.32 Å². The summed E-state index contributed by atoms with van der Waals surface area (Å²) in [6, 6.07) is 13.0. The monoisotopic (exact) mass is 389 g/mol. The third kappa shape index (κ3) is 6.30. The van der Waals surface area contributed by atoms with Gasteiger partial charge >= 0.3 is 5.97 Å². The number of carbonyl (C=O) groups is 2. The summed E-state index contributed by atoms with van der Waals surface area (Å²) >= 11 is 1.43. The Labute approximate surface area is 160 Å². The smallest absolute Gasteiger partial charge is 0.339 e. The normalized spacial score (nSPS) is 10.1. The van der Waals surface area contributed by atoms with E-state index < -0.39 is 16.8 Å². The van der Waals surface area contributed by atoms with Crippen LogP contribution in [0.2, 0.25) is 0 Å². The van der Waals surface area contributed by atoms with Crippen LogP contribution in [-0.4, -0.2) is 42.8 Å². The van der Waals surface area contributed by atoms with Gasteiger partial charge in [0.25, 0.3) is 11.6 Å². The number of ether oxygens (including phenoxy) is 1. The van der Waals surface area contributed by atoms with Gasteiger partial charge in [-0.3, -0.25) is 14.9 Å². The quantitative estimate of drug-likeness (QED) is 0.223. The van der Waals surface area contributed by atoms with Crippen LogP contribution in [0.1, 0.15) is 10.4 Å². The van der Waals surface area contributed by atoms with Gasteiger partial charge < -0.3 is 15.4 Å². The highest BCUT2D eigenvalue weighted by molar-refractivity contribution is 7.98. The molecular formula is C18H19N3O5S. The van der Waals surface area contributed by atoms with Crippen molar-refractivity contribution >= 4 is 35.0 Å². The van der Waals surface area contributed by atoms with Crippen LogP contribution in [0.5, 0.6) is 0 Å². The topological polar surface area (TPSA) is 111 Å². The molecule has 1 amide bonds. The third-order valence-electron chi connectivity index (χ3n) is 3.52. The second-order valence-corrected chi connectivity index (χ2v) is 6.21. The summed E-state index contributed by atoms with van der Waals surface area (Å²) < 4.78 is 5.03. The number of nitrogens with one attached hydrogen (secondary N) is 2. The number of thioether (sulfide) groups is 1. The lowest BCUT2D eigenvalue weighted by Gasteiger charge is -2.09. The highest BCUT2D eigenvalue weighted by Gasteiger charge is 2.13. The number of hydrogen-bond donors (Lipinski definition) is 2. The maximum absolute atomic E-state index is 12.0. The lowest BCUT2D eigenvalue weighted by molar-refractivity contribution is -0.384. The molecule has 0 bridgehead atoms. The van der Waals surface area contributed by atoms with Gasteiger partial charge in [0.1, 0.15) is 0 Å². The highest BCUT2D eigenvalue weighted by Crippen LogP contribution is 2.20. The summed E-state index contributed by atoms with van der Waals surface area (Å²) in [5, 5.41) is 16.2. The zero-order valence-corrected chi connectivity index (χ0v) is 15.5. The lowest BCUT2D eigenvalue weighted by Crippen LogP contribution is -2.32. The van der Waals surface area contributed by atoms with Crippen LogP contribution < -0.4 is 10.6 Å². The molecule has 27 heavy (non-hydrogen) atoms. The molecule has 0 heterocycles. The molecule has 0 aliphatic rings. The largest absolute Gasteiger partial charge is 0.452 e. The van der Waals surface area contributed by atoms with Crippen LogP contribution >= 0.6 is 11.8 Å². The number of hydrogen-bond acceptors (Lipinski definition) is 7. The Morgan fingerprint density at radius 2 is 1.81 bits per heavy atom. The summed E-state index contributed by atoms with van der Waals surface area (Å²) in [4.78, 5) is 34.7. The Kier molecular flexibility index (Phi) is 7.63. The van der Waals surface area contributed by atoms with Crippen molar-refractivity contribution in [3.05, 3.63) is 64.2 Å². The van der Waals surface area contributed by atoms with Crippen LogP contribution in [0.15, 0.2) is 53.4 Å². The first-order valence-electron chi connectivity index (χ1n) is 8.06. The van der Waals surface area contributed by atoms with Crippen molar-refractivity contribution in [3.63, 3.8) is 0 Å². The number of nitro benzene ring substituents is 1. The van der Waals surface area contributed by atoms with Crippen molar-refractivity contribution in [2.45, 2.75) is 4.90 Å². The van der Waals surface area contributed by atoms with Gasteiger partial charge in [0.2, 0.25) is 0 Å². The standard InChI is InChI=1S/C18H19N3O5S/c1-27-16-5-3-2-4-15(16)18(23)26-12-17(22)20-11-10-19-13-6-8-14(9-7-13)21(24)25/h2-9,19H,10-12H2,1H3,(H,20,22). The van der Waals surface area contributed by atoms with Gasteiger partial charge in [-0.05, 0) is 30.5 Å². The van der Waals surface area contributed by atoms with Gasteiger partial charge in [0.15, 0.2) is 6.61 Å². The Balaban J connectivity index is 1.69. The first kappa shape index (κ1) is 20.2. The number of nitro groups is 1. The van der Waals surface area contributed by atoms with E-state index in [2.05, 4.69) is 10.6 Å². The molecule has 0 fully saturated rings.